The summed E-state index contributed by atoms with van der Waals surface area (Å²) in [7, 11) is 1.84. The molecular formula is C35H41BN4O7. The van der Waals surface area contributed by atoms with Crippen LogP contribution in [0.4, 0.5) is 5.69 Å². The van der Waals surface area contributed by atoms with E-state index < -0.39 is 60.4 Å². The SMILES string of the molecule is CC(C)C[C@H](CC(=O)[C@@H](NC(=O)c1cccc(-c2ccccc2)n1)[C@@H](C)O)[B-]12OC(=O)[C@H]3CN(c4ccccc4)C[C@@H](C(=O)O1)[N+]32C. The number of Topliss-reactive ketones (excluding diaryl/α,β-unsaturated/α-hetero) is 1. The smallest absolute Gasteiger partial charge is 0.587 e. The molecule has 0 bridgehead atoms. The largest absolute Gasteiger partial charge is 0.600 e. The predicted octanol–water partition coefficient (Wildman–Crippen LogP) is 3.36. The number of amides is 1. The van der Waals surface area contributed by atoms with Gasteiger partial charge in [-0.25, -0.2) is 14.6 Å². The topological polar surface area (TPSA) is 135 Å². The first-order valence-corrected chi connectivity index (χ1v) is 16.2. The van der Waals surface area contributed by atoms with E-state index in [0.717, 1.165) is 11.3 Å². The minimum atomic E-state index is -2.64. The van der Waals surface area contributed by atoms with Crippen LogP contribution in [0.5, 0.6) is 0 Å². The maximum atomic E-state index is 14.0. The summed E-state index contributed by atoms with van der Waals surface area (Å²) in [4.78, 5) is 61.2. The highest BCUT2D eigenvalue weighted by molar-refractivity contribution is 6.68. The zero-order valence-corrected chi connectivity index (χ0v) is 27.1. The van der Waals surface area contributed by atoms with Crippen LogP contribution in [0.1, 0.15) is 44.1 Å². The molecule has 2 N–H and O–H groups in total. The van der Waals surface area contributed by atoms with E-state index in [-0.39, 0.29) is 22.4 Å². The van der Waals surface area contributed by atoms with Crippen molar-refractivity contribution in [3.63, 3.8) is 0 Å². The Morgan fingerprint density at radius 1 is 0.936 bits per heavy atom. The highest BCUT2D eigenvalue weighted by Crippen LogP contribution is 2.53. The van der Waals surface area contributed by atoms with Gasteiger partial charge in [-0.1, -0.05) is 74.9 Å². The second-order valence-electron chi connectivity index (χ2n) is 13.6. The first-order chi connectivity index (χ1) is 22.4. The second kappa shape index (κ2) is 12.6. The van der Waals surface area contributed by atoms with Crippen LogP contribution in [-0.2, 0) is 23.7 Å². The van der Waals surface area contributed by atoms with Crippen LogP contribution in [0.25, 0.3) is 11.3 Å². The number of likely N-dealkylation sites (N-methyl/N-ethyl adjacent to an activating group) is 1. The van der Waals surface area contributed by atoms with Gasteiger partial charge in [0.1, 0.15) is 11.7 Å². The van der Waals surface area contributed by atoms with Crippen molar-refractivity contribution in [2.75, 3.05) is 25.0 Å². The zero-order valence-electron chi connectivity index (χ0n) is 27.1. The van der Waals surface area contributed by atoms with E-state index in [4.69, 9.17) is 9.31 Å². The van der Waals surface area contributed by atoms with E-state index in [9.17, 15) is 24.3 Å². The molecule has 3 saturated heterocycles. The first kappa shape index (κ1) is 32.4. The van der Waals surface area contributed by atoms with Crippen molar-refractivity contribution in [3.05, 3.63) is 84.6 Å². The van der Waals surface area contributed by atoms with E-state index in [0.29, 0.717) is 25.2 Å². The van der Waals surface area contributed by atoms with Gasteiger partial charge in [-0.15, -0.1) is 0 Å². The number of rotatable bonds is 11. The molecule has 3 aliphatic heterocycles. The van der Waals surface area contributed by atoms with Gasteiger partial charge < -0.3 is 29.0 Å². The number of benzene rings is 2. The molecule has 1 aromatic heterocycles. The Hall–Kier alpha value is -4.55. The summed E-state index contributed by atoms with van der Waals surface area (Å²) >= 11 is 0. The Morgan fingerprint density at radius 2 is 1.53 bits per heavy atom. The van der Waals surface area contributed by atoms with Crippen LogP contribution in [0.15, 0.2) is 78.9 Å². The highest BCUT2D eigenvalue weighted by Gasteiger charge is 2.77. The molecule has 0 spiro atoms. The Balaban J connectivity index is 1.26. The van der Waals surface area contributed by atoms with Gasteiger partial charge in [0, 0.05) is 18.3 Å². The number of quaternary nitrogens is 1. The Kier molecular flexibility index (Phi) is 8.67. The average Bonchev–Trinajstić information content (AvgIpc) is 3.42. The molecule has 7 atom stereocenters. The first-order valence-electron chi connectivity index (χ1n) is 16.2. The molecule has 1 amide bonds. The third-order valence-corrected chi connectivity index (χ3v) is 10.1. The van der Waals surface area contributed by atoms with Gasteiger partial charge in [-0.05, 0) is 49.3 Å². The molecule has 6 rings (SSSR count). The number of aliphatic hydroxyl groups excluding tert-OH is 1. The van der Waals surface area contributed by atoms with Gasteiger partial charge in [0.15, 0.2) is 17.9 Å². The molecule has 0 aliphatic carbocycles. The summed E-state index contributed by atoms with van der Waals surface area (Å²) in [6, 6.07) is 21.4. The molecule has 2 aromatic carbocycles. The molecule has 47 heavy (non-hydrogen) atoms. The molecule has 3 aliphatic rings. The molecule has 0 saturated carbocycles. The fourth-order valence-corrected chi connectivity index (χ4v) is 7.81. The van der Waals surface area contributed by atoms with E-state index in [2.05, 4.69) is 10.3 Å². The number of nitrogens with zero attached hydrogens (tertiary/aromatic N) is 3. The van der Waals surface area contributed by atoms with E-state index in [1.807, 2.05) is 86.5 Å². The van der Waals surface area contributed by atoms with Crippen LogP contribution < -0.4 is 10.2 Å². The normalized spacial score (nSPS) is 26.6. The van der Waals surface area contributed by atoms with Crippen molar-refractivity contribution in [2.45, 2.75) is 63.7 Å². The average molecular weight is 641 g/mol. The Morgan fingerprint density at radius 3 is 2.11 bits per heavy atom. The second-order valence-corrected chi connectivity index (χ2v) is 13.6. The summed E-state index contributed by atoms with van der Waals surface area (Å²) in [5, 5.41) is 13.4. The van der Waals surface area contributed by atoms with Gasteiger partial charge >= 0.3 is 18.6 Å². The van der Waals surface area contributed by atoms with Crippen molar-refractivity contribution in [2.24, 2.45) is 5.92 Å². The number of carbonyl (C=O) groups excluding carboxylic acids is 4. The lowest BCUT2D eigenvalue weighted by Gasteiger charge is -2.54. The molecule has 2 unspecified atom stereocenters. The van der Waals surface area contributed by atoms with Crippen molar-refractivity contribution in [1.29, 1.82) is 0 Å². The van der Waals surface area contributed by atoms with Gasteiger partial charge in [0.05, 0.1) is 24.9 Å². The quantitative estimate of drug-likeness (QED) is 0.303. The summed E-state index contributed by atoms with van der Waals surface area (Å²) in [5.74, 6) is -2.60. The summed E-state index contributed by atoms with van der Waals surface area (Å²) in [6.45, 7) is 3.43. The fraction of sp³-hybridized carbons (Fsp3) is 0.400. The number of hydrogen-bond donors (Lipinski definition) is 2. The third kappa shape index (κ3) is 5.69. The van der Waals surface area contributed by atoms with Crippen LogP contribution in [0.3, 0.4) is 0 Å². The highest BCUT2D eigenvalue weighted by atomic mass is 16.7. The number of aliphatic hydroxyl groups is 1. The van der Waals surface area contributed by atoms with Gasteiger partial charge in [-0.3, -0.25) is 9.59 Å². The monoisotopic (exact) mass is 640 g/mol. The molecule has 12 heteroatoms. The number of anilines is 1. The van der Waals surface area contributed by atoms with Crippen molar-refractivity contribution < 1.29 is 38.0 Å². The maximum absolute atomic E-state index is 14.0. The van der Waals surface area contributed by atoms with Crippen LogP contribution in [-0.4, -0.2) is 89.2 Å². The molecule has 11 nitrogen and oxygen atoms in total. The number of ketones is 1. The number of pyridine rings is 1. The maximum Gasteiger partial charge on any atom is 0.587 e. The molecule has 4 heterocycles. The van der Waals surface area contributed by atoms with Crippen LogP contribution in [0, 0.1) is 5.92 Å². The number of aromatic nitrogens is 1. The van der Waals surface area contributed by atoms with Gasteiger partial charge in [0.25, 0.3) is 5.91 Å². The van der Waals surface area contributed by atoms with E-state index >= 15 is 0 Å². The van der Waals surface area contributed by atoms with Crippen molar-refractivity contribution >= 4 is 36.0 Å². The Labute approximate surface area is 274 Å². The summed E-state index contributed by atoms with van der Waals surface area (Å²) in [5.41, 5.74) is 2.42. The standard InChI is InChI=1S/C35H41BN4O7/c1-22(2)18-25(19-31(42)32(23(3)41)38-33(43)28-17-11-16-27(37-28)24-12-7-5-8-13-24)36-40(4)29(34(44)46-36)20-39(21-30(40)35(45)47-36)26-14-9-6-10-15-26/h5-17,22-23,25,29-30,32,41H,18-21H2,1-4H3,(H,38,43)/t23-,25-,29-,30+,32+,36?,40?/m1/s1. The minimum absolute atomic E-state index is 0.0480. The lowest BCUT2D eigenvalue weighted by Crippen LogP contribution is -2.75. The fourth-order valence-electron chi connectivity index (χ4n) is 7.81. The molecule has 3 fully saturated rings. The number of nitrogens with one attached hydrogen (secondary N) is 1. The molecule has 246 valence electrons. The molecule has 0 radical (unpaired) electrons. The number of piperazine rings is 1. The van der Waals surface area contributed by atoms with Gasteiger partial charge in [-0.2, -0.15) is 0 Å². The lowest BCUT2D eigenvalue weighted by atomic mass is 9.51. The lowest BCUT2D eigenvalue weighted by molar-refractivity contribution is -0.845. The number of para-hydroxylation sites is 1. The predicted molar refractivity (Wildman–Crippen MR) is 176 cm³/mol. The van der Waals surface area contributed by atoms with Crippen LogP contribution in [0.2, 0.25) is 5.82 Å². The zero-order chi connectivity index (χ0) is 33.5. The van der Waals surface area contributed by atoms with Crippen LogP contribution >= 0.6 is 0 Å². The van der Waals surface area contributed by atoms with Crippen molar-refractivity contribution in [3.8, 4) is 11.3 Å². The number of carbonyl (C=O) groups is 4. The summed E-state index contributed by atoms with van der Waals surface area (Å²) < 4.78 is 12.3. The molecular weight excluding hydrogens is 599 g/mol. The van der Waals surface area contributed by atoms with E-state index in [1.54, 1.807) is 18.2 Å². The van der Waals surface area contributed by atoms with Crippen molar-refractivity contribution in [1.82, 2.24) is 10.3 Å². The van der Waals surface area contributed by atoms with Gasteiger partial charge in [0.2, 0.25) is 0 Å². The minimum Gasteiger partial charge on any atom is -0.600 e. The summed E-state index contributed by atoms with van der Waals surface area (Å²) in [6.07, 6.45) is -0.990. The molecule has 3 aromatic rings. The van der Waals surface area contributed by atoms with E-state index in [1.165, 1.54) is 6.92 Å². The Bertz CT molecular complexity index is 1640. The third-order valence-electron chi connectivity index (χ3n) is 10.1. The number of hydrogen-bond acceptors (Lipinski definition) is 9.